The zero-order chi connectivity index (χ0) is 19.7. The van der Waals surface area contributed by atoms with Crippen molar-refractivity contribution in [3.05, 3.63) is 29.8 Å². The third kappa shape index (κ3) is 7.89. The number of guanidine groups is 1. The topological polar surface area (TPSA) is 73.8 Å². The summed E-state index contributed by atoms with van der Waals surface area (Å²) in [5.74, 6) is 1.39. The van der Waals surface area contributed by atoms with Gasteiger partial charge >= 0.3 is 0 Å². The average molecular weight is 395 g/mol. The minimum atomic E-state index is -3.13. The second-order valence-electron chi connectivity index (χ2n) is 7.43. The molecule has 0 aliphatic carbocycles. The van der Waals surface area contributed by atoms with Gasteiger partial charge in [0.25, 0.3) is 0 Å². The number of benzene rings is 1. The Morgan fingerprint density at radius 1 is 1.19 bits per heavy atom. The minimum absolute atomic E-state index is 0.362. The zero-order valence-electron chi connectivity index (χ0n) is 16.9. The van der Waals surface area contributed by atoms with Gasteiger partial charge in [0.2, 0.25) is 0 Å². The van der Waals surface area contributed by atoms with Gasteiger partial charge in [-0.15, -0.1) is 0 Å². The lowest BCUT2D eigenvalue weighted by atomic mass is 10.1. The first-order valence-electron chi connectivity index (χ1n) is 9.92. The van der Waals surface area contributed by atoms with Gasteiger partial charge in [0.15, 0.2) is 15.8 Å². The Kier molecular flexibility index (Phi) is 8.57. The van der Waals surface area contributed by atoms with Crippen LogP contribution in [0.25, 0.3) is 0 Å². The van der Waals surface area contributed by atoms with E-state index >= 15 is 0 Å². The lowest BCUT2D eigenvalue weighted by Gasteiger charge is -2.19. The maximum atomic E-state index is 11.5. The van der Waals surface area contributed by atoms with Crippen molar-refractivity contribution in [2.45, 2.75) is 38.0 Å². The zero-order valence-corrected chi connectivity index (χ0v) is 17.7. The van der Waals surface area contributed by atoms with E-state index in [9.17, 15) is 8.42 Å². The van der Waals surface area contributed by atoms with Gasteiger partial charge in [0, 0.05) is 32.4 Å². The normalized spacial score (nSPS) is 17.1. The maximum Gasteiger partial charge on any atom is 0.191 e. The first-order chi connectivity index (χ1) is 12.9. The van der Waals surface area contributed by atoms with Crippen LogP contribution in [0.3, 0.4) is 0 Å². The summed E-state index contributed by atoms with van der Waals surface area (Å²) in [6.45, 7) is 10.3. The second-order valence-corrected chi connectivity index (χ2v) is 9.44. The van der Waals surface area contributed by atoms with Crippen LogP contribution in [0.15, 0.2) is 34.2 Å². The molecule has 1 aliphatic heterocycles. The molecule has 27 heavy (non-hydrogen) atoms. The summed E-state index contributed by atoms with van der Waals surface area (Å²) in [7, 11) is -3.13. The van der Waals surface area contributed by atoms with E-state index in [0.29, 0.717) is 10.8 Å². The monoisotopic (exact) mass is 394 g/mol. The fourth-order valence-corrected chi connectivity index (χ4v) is 3.91. The van der Waals surface area contributed by atoms with Crippen molar-refractivity contribution in [3.8, 4) is 0 Å². The van der Waals surface area contributed by atoms with Crippen molar-refractivity contribution >= 4 is 15.8 Å². The Bertz CT molecular complexity index is 695. The summed E-state index contributed by atoms with van der Waals surface area (Å²) in [5, 5.41) is 6.66. The summed E-state index contributed by atoms with van der Waals surface area (Å²) in [5.41, 5.74) is 1.10. The van der Waals surface area contributed by atoms with Gasteiger partial charge in [-0.25, -0.2) is 8.42 Å². The highest BCUT2D eigenvalue weighted by atomic mass is 32.2. The van der Waals surface area contributed by atoms with Gasteiger partial charge in [0.1, 0.15) is 0 Å². The molecule has 1 heterocycles. The SMILES string of the molecule is CCNC(=NCC(C)CN1CCCC1)NCCc1ccc(S(C)(=O)=O)cc1. The van der Waals surface area contributed by atoms with Crippen LogP contribution in [0.1, 0.15) is 32.3 Å². The Labute approximate surface area is 164 Å². The first kappa shape index (κ1) is 21.7. The Morgan fingerprint density at radius 2 is 1.85 bits per heavy atom. The number of aliphatic imine (C=N–C) groups is 1. The van der Waals surface area contributed by atoms with Gasteiger partial charge in [0.05, 0.1) is 4.90 Å². The van der Waals surface area contributed by atoms with Crippen LogP contribution in [-0.4, -0.2) is 64.8 Å². The second kappa shape index (κ2) is 10.7. The molecule has 0 radical (unpaired) electrons. The van der Waals surface area contributed by atoms with Crippen LogP contribution in [0.4, 0.5) is 0 Å². The molecule has 0 spiro atoms. The van der Waals surface area contributed by atoms with E-state index in [4.69, 9.17) is 4.99 Å². The molecule has 0 saturated carbocycles. The smallest absolute Gasteiger partial charge is 0.191 e. The number of nitrogens with one attached hydrogen (secondary N) is 2. The van der Waals surface area contributed by atoms with E-state index in [1.54, 1.807) is 12.1 Å². The summed E-state index contributed by atoms with van der Waals surface area (Å²) in [6, 6.07) is 7.09. The van der Waals surface area contributed by atoms with Crippen LogP contribution in [0.5, 0.6) is 0 Å². The lowest BCUT2D eigenvalue weighted by molar-refractivity contribution is 0.291. The molecule has 1 aromatic carbocycles. The number of rotatable bonds is 9. The number of hydrogen-bond donors (Lipinski definition) is 2. The van der Waals surface area contributed by atoms with Crippen molar-refractivity contribution in [1.82, 2.24) is 15.5 Å². The maximum absolute atomic E-state index is 11.5. The summed E-state index contributed by atoms with van der Waals surface area (Å²) < 4.78 is 23.0. The van der Waals surface area contributed by atoms with E-state index in [1.165, 1.54) is 32.2 Å². The number of likely N-dealkylation sites (tertiary alicyclic amines) is 1. The Hall–Kier alpha value is -1.60. The van der Waals surface area contributed by atoms with Crippen LogP contribution in [0.2, 0.25) is 0 Å². The van der Waals surface area contributed by atoms with E-state index < -0.39 is 9.84 Å². The standard InChI is InChI=1S/C20H34N4O2S/c1-4-21-20(23-15-17(2)16-24-13-5-6-14-24)22-12-11-18-7-9-19(10-8-18)27(3,25)26/h7-10,17H,4-6,11-16H2,1-3H3,(H2,21,22,23). The molecule has 152 valence electrons. The highest BCUT2D eigenvalue weighted by Gasteiger charge is 2.14. The van der Waals surface area contributed by atoms with Crippen molar-refractivity contribution < 1.29 is 8.42 Å². The molecule has 1 aromatic rings. The predicted octanol–water partition coefficient (Wildman–Crippen LogP) is 1.92. The highest BCUT2D eigenvalue weighted by molar-refractivity contribution is 7.90. The van der Waals surface area contributed by atoms with Crippen molar-refractivity contribution in [3.63, 3.8) is 0 Å². The van der Waals surface area contributed by atoms with E-state index in [2.05, 4.69) is 29.4 Å². The molecule has 0 amide bonds. The quantitative estimate of drug-likeness (QED) is 0.494. The molecule has 1 aliphatic rings. The largest absolute Gasteiger partial charge is 0.357 e. The molecule has 1 atom stereocenters. The summed E-state index contributed by atoms with van der Waals surface area (Å²) in [4.78, 5) is 7.61. The highest BCUT2D eigenvalue weighted by Crippen LogP contribution is 2.11. The summed E-state index contributed by atoms with van der Waals surface area (Å²) >= 11 is 0. The van der Waals surface area contributed by atoms with Crippen molar-refractivity contribution in [2.75, 3.05) is 45.5 Å². The molecule has 1 saturated heterocycles. The molecule has 0 aromatic heterocycles. The number of sulfone groups is 1. The number of nitrogens with zero attached hydrogens (tertiary/aromatic N) is 2. The van der Waals surface area contributed by atoms with Crippen molar-refractivity contribution in [1.29, 1.82) is 0 Å². The molecule has 6 nitrogen and oxygen atoms in total. The van der Waals surface area contributed by atoms with Gasteiger partial charge in [-0.2, -0.15) is 0 Å². The Balaban J connectivity index is 1.79. The van der Waals surface area contributed by atoms with Gasteiger partial charge in [-0.1, -0.05) is 19.1 Å². The molecule has 1 fully saturated rings. The summed E-state index contributed by atoms with van der Waals surface area (Å²) in [6.07, 6.45) is 4.70. The van der Waals surface area contributed by atoms with E-state index in [0.717, 1.165) is 44.1 Å². The molecular weight excluding hydrogens is 360 g/mol. The van der Waals surface area contributed by atoms with Crippen LogP contribution in [-0.2, 0) is 16.3 Å². The fourth-order valence-electron chi connectivity index (χ4n) is 3.28. The average Bonchev–Trinajstić information content (AvgIpc) is 3.12. The van der Waals surface area contributed by atoms with Crippen LogP contribution < -0.4 is 10.6 Å². The lowest BCUT2D eigenvalue weighted by Crippen LogP contribution is -2.39. The first-order valence-corrected chi connectivity index (χ1v) is 11.8. The minimum Gasteiger partial charge on any atom is -0.357 e. The van der Waals surface area contributed by atoms with Crippen LogP contribution >= 0.6 is 0 Å². The molecular formula is C20H34N4O2S. The van der Waals surface area contributed by atoms with Gasteiger partial charge in [-0.3, -0.25) is 4.99 Å². The van der Waals surface area contributed by atoms with Crippen LogP contribution in [0, 0.1) is 5.92 Å². The molecule has 0 bridgehead atoms. The van der Waals surface area contributed by atoms with E-state index in [1.807, 2.05) is 12.1 Å². The molecule has 2 rings (SSSR count). The molecule has 2 N–H and O–H groups in total. The van der Waals surface area contributed by atoms with Gasteiger partial charge < -0.3 is 15.5 Å². The van der Waals surface area contributed by atoms with E-state index in [-0.39, 0.29) is 0 Å². The van der Waals surface area contributed by atoms with Gasteiger partial charge in [-0.05, 0) is 62.9 Å². The predicted molar refractivity (Wildman–Crippen MR) is 112 cm³/mol. The number of hydrogen-bond acceptors (Lipinski definition) is 4. The third-order valence-electron chi connectivity index (χ3n) is 4.73. The molecule has 7 heteroatoms. The Morgan fingerprint density at radius 3 is 2.44 bits per heavy atom. The van der Waals surface area contributed by atoms with Crippen molar-refractivity contribution in [2.24, 2.45) is 10.9 Å². The fraction of sp³-hybridized carbons (Fsp3) is 0.650. The molecule has 1 unspecified atom stereocenters. The third-order valence-corrected chi connectivity index (χ3v) is 5.86.